The highest BCUT2D eigenvalue weighted by Gasteiger charge is 2.13. The molecule has 0 saturated heterocycles. The molecule has 0 aliphatic carbocycles. The highest BCUT2D eigenvalue weighted by molar-refractivity contribution is 6.12. The van der Waals surface area contributed by atoms with E-state index >= 15 is 0 Å². The Morgan fingerprint density at radius 1 is 1.22 bits per heavy atom. The summed E-state index contributed by atoms with van der Waals surface area (Å²) < 4.78 is 7.04. The van der Waals surface area contributed by atoms with E-state index in [0.29, 0.717) is 29.5 Å². The van der Waals surface area contributed by atoms with Crippen molar-refractivity contribution in [2.24, 2.45) is 7.05 Å². The fourth-order valence-electron chi connectivity index (χ4n) is 3.06. The molecule has 0 bridgehead atoms. The first kappa shape index (κ1) is 17.0. The second kappa shape index (κ2) is 7.05. The second-order valence-electron chi connectivity index (χ2n) is 6.24. The van der Waals surface area contributed by atoms with Crippen LogP contribution in [-0.2, 0) is 18.4 Å². The minimum absolute atomic E-state index is 0.154. The van der Waals surface area contributed by atoms with Gasteiger partial charge in [-0.25, -0.2) is 4.98 Å². The number of amides is 1. The molecule has 7 heteroatoms. The Hall–Kier alpha value is -3.45. The summed E-state index contributed by atoms with van der Waals surface area (Å²) in [5.41, 5.74) is 3.15. The minimum Gasteiger partial charge on any atom is -0.377 e. The van der Waals surface area contributed by atoms with Crippen molar-refractivity contribution in [3.05, 3.63) is 66.1 Å². The molecule has 27 heavy (non-hydrogen) atoms. The Balaban J connectivity index is 1.59. The molecular formula is C20H19N5O2. The molecule has 0 atom stereocenters. The first-order valence-electron chi connectivity index (χ1n) is 8.52. The van der Waals surface area contributed by atoms with E-state index in [1.807, 2.05) is 66.3 Å². The second-order valence-corrected chi connectivity index (χ2v) is 6.24. The van der Waals surface area contributed by atoms with Gasteiger partial charge in [0.25, 0.3) is 5.91 Å². The lowest BCUT2D eigenvalue weighted by molar-refractivity contribution is 0.102. The third kappa shape index (κ3) is 3.32. The van der Waals surface area contributed by atoms with Gasteiger partial charge in [0, 0.05) is 48.1 Å². The lowest BCUT2D eigenvalue weighted by Crippen LogP contribution is -2.12. The van der Waals surface area contributed by atoms with Crippen LogP contribution in [0.4, 0.5) is 5.69 Å². The molecule has 2 aromatic heterocycles. The number of carbonyl (C=O) groups excluding carboxylic acids is 1. The first-order chi connectivity index (χ1) is 13.2. The van der Waals surface area contributed by atoms with Gasteiger partial charge in [-0.05, 0) is 30.3 Å². The normalized spacial score (nSPS) is 11.0. The maximum atomic E-state index is 12.8. The smallest absolute Gasteiger partial charge is 0.256 e. The molecule has 7 nitrogen and oxygen atoms in total. The van der Waals surface area contributed by atoms with Gasteiger partial charge in [-0.15, -0.1) is 0 Å². The number of methoxy groups -OCH3 is 1. The van der Waals surface area contributed by atoms with Gasteiger partial charge in [-0.2, -0.15) is 5.10 Å². The van der Waals surface area contributed by atoms with Crippen molar-refractivity contribution in [1.29, 1.82) is 0 Å². The van der Waals surface area contributed by atoms with Gasteiger partial charge in [0.2, 0.25) is 0 Å². The third-order valence-corrected chi connectivity index (χ3v) is 4.36. The monoisotopic (exact) mass is 361 g/mol. The number of hydrogen-bond donors (Lipinski definition) is 2. The zero-order valence-electron chi connectivity index (χ0n) is 15.1. The van der Waals surface area contributed by atoms with Crippen LogP contribution in [0.3, 0.4) is 0 Å². The Labute approximate surface area is 156 Å². The van der Waals surface area contributed by atoms with Crippen molar-refractivity contribution >= 4 is 22.5 Å². The number of aromatic amines is 1. The van der Waals surface area contributed by atoms with E-state index in [0.717, 1.165) is 16.5 Å². The molecule has 2 aromatic carbocycles. The number of aromatic nitrogens is 4. The summed E-state index contributed by atoms with van der Waals surface area (Å²) in [6, 6.07) is 15.1. The van der Waals surface area contributed by atoms with Crippen LogP contribution in [0.25, 0.3) is 22.3 Å². The third-order valence-electron chi connectivity index (χ3n) is 4.36. The van der Waals surface area contributed by atoms with E-state index in [1.54, 1.807) is 7.11 Å². The first-order valence-corrected chi connectivity index (χ1v) is 8.52. The van der Waals surface area contributed by atoms with Crippen LogP contribution >= 0.6 is 0 Å². The SMILES string of the molecule is COCc1nc(-c2cccc(NC(=O)c3cccc4c3ccn4C)c2)n[nH]1. The van der Waals surface area contributed by atoms with E-state index in [2.05, 4.69) is 20.5 Å². The van der Waals surface area contributed by atoms with Gasteiger partial charge in [-0.1, -0.05) is 18.2 Å². The van der Waals surface area contributed by atoms with Crippen molar-refractivity contribution in [2.45, 2.75) is 6.61 Å². The number of nitrogens with one attached hydrogen (secondary N) is 2. The van der Waals surface area contributed by atoms with Crippen LogP contribution in [0.1, 0.15) is 16.2 Å². The van der Waals surface area contributed by atoms with Crippen LogP contribution in [0, 0.1) is 0 Å². The zero-order chi connectivity index (χ0) is 18.8. The van der Waals surface area contributed by atoms with E-state index < -0.39 is 0 Å². The maximum absolute atomic E-state index is 12.8. The summed E-state index contributed by atoms with van der Waals surface area (Å²) in [5.74, 6) is 1.06. The molecule has 0 aliphatic heterocycles. The van der Waals surface area contributed by atoms with Gasteiger partial charge in [-0.3, -0.25) is 9.89 Å². The quantitative estimate of drug-likeness (QED) is 0.571. The summed E-state index contributed by atoms with van der Waals surface area (Å²) in [5, 5.41) is 10.9. The number of H-pyrrole nitrogens is 1. The standard InChI is InChI=1S/C20H19N5O2/c1-25-10-9-15-16(7-4-8-17(15)25)20(26)21-14-6-3-5-13(11-14)19-22-18(12-27-2)23-24-19/h3-11H,12H2,1-2H3,(H,21,26)(H,22,23,24). The Morgan fingerprint density at radius 3 is 2.93 bits per heavy atom. The maximum Gasteiger partial charge on any atom is 0.256 e. The summed E-state index contributed by atoms with van der Waals surface area (Å²) >= 11 is 0. The van der Waals surface area contributed by atoms with Crippen molar-refractivity contribution in [3.8, 4) is 11.4 Å². The highest BCUT2D eigenvalue weighted by atomic mass is 16.5. The van der Waals surface area contributed by atoms with Crippen LogP contribution in [-0.4, -0.2) is 32.8 Å². The molecule has 0 saturated carbocycles. The molecule has 0 radical (unpaired) electrons. The van der Waals surface area contributed by atoms with Crippen LogP contribution in [0.15, 0.2) is 54.7 Å². The molecule has 0 aliphatic rings. The Morgan fingerprint density at radius 2 is 2.07 bits per heavy atom. The Bertz CT molecular complexity index is 1110. The summed E-state index contributed by atoms with van der Waals surface area (Å²) in [4.78, 5) is 17.2. The van der Waals surface area contributed by atoms with Crippen molar-refractivity contribution in [1.82, 2.24) is 19.7 Å². The summed E-state index contributed by atoms with van der Waals surface area (Å²) in [7, 11) is 3.56. The van der Waals surface area contributed by atoms with Crippen molar-refractivity contribution in [2.75, 3.05) is 12.4 Å². The number of anilines is 1. The molecule has 2 heterocycles. The fourth-order valence-corrected chi connectivity index (χ4v) is 3.06. The average molecular weight is 361 g/mol. The Kier molecular flexibility index (Phi) is 4.43. The number of fused-ring (bicyclic) bond motifs is 1. The molecule has 0 fully saturated rings. The van der Waals surface area contributed by atoms with Gasteiger partial charge in [0.15, 0.2) is 11.6 Å². The number of ether oxygens (including phenoxy) is 1. The summed E-state index contributed by atoms with van der Waals surface area (Å²) in [6.45, 7) is 0.366. The fraction of sp³-hybridized carbons (Fsp3) is 0.150. The molecule has 0 spiro atoms. The van der Waals surface area contributed by atoms with E-state index in [4.69, 9.17) is 4.74 Å². The van der Waals surface area contributed by atoms with E-state index in [-0.39, 0.29) is 5.91 Å². The lowest BCUT2D eigenvalue weighted by Gasteiger charge is -2.08. The predicted octanol–water partition coefficient (Wildman–Crippen LogP) is 3.36. The van der Waals surface area contributed by atoms with Crippen LogP contribution in [0.5, 0.6) is 0 Å². The molecular weight excluding hydrogens is 342 g/mol. The van der Waals surface area contributed by atoms with Gasteiger partial charge in [0.1, 0.15) is 6.61 Å². The summed E-state index contributed by atoms with van der Waals surface area (Å²) in [6.07, 6.45) is 1.95. The van der Waals surface area contributed by atoms with Gasteiger partial charge >= 0.3 is 0 Å². The molecule has 4 rings (SSSR count). The molecule has 4 aromatic rings. The van der Waals surface area contributed by atoms with Crippen LogP contribution < -0.4 is 5.32 Å². The van der Waals surface area contributed by atoms with Crippen molar-refractivity contribution in [3.63, 3.8) is 0 Å². The van der Waals surface area contributed by atoms with Crippen molar-refractivity contribution < 1.29 is 9.53 Å². The number of hydrogen-bond acceptors (Lipinski definition) is 4. The van der Waals surface area contributed by atoms with Crippen LogP contribution in [0.2, 0.25) is 0 Å². The largest absolute Gasteiger partial charge is 0.377 e. The average Bonchev–Trinajstić information content (AvgIpc) is 3.29. The molecule has 2 N–H and O–H groups in total. The number of aryl methyl sites for hydroxylation is 1. The van der Waals surface area contributed by atoms with E-state index in [9.17, 15) is 4.79 Å². The highest BCUT2D eigenvalue weighted by Crippen LogP contribution is 2.23. The van der Waals surface area contributed by atoms with E-state index in [1.165, 1.54) is 0 Å². The topological polar surface area (TPSA) is 84.8 Å². The number of carbonyl (C=O) groups is 1. The molecule has 136 valence electrons. The van der Waals surface area contributed by atoms with Gasteiger partial charge < -0.3 is 14.6 Å². The number of benzene rings is 2. The molecule has 1 amide bonds. The number of rotatable bonds is 5. The molecule has 0 unspecified atom stereocenters. The minimum atomic E-state index is -0.154. The predicted molar refractivity (Wildman–Crippen MR) is 103 cm³/mol. The zero-order valence-corrected chi connectivity index (χ0v) is 15.1. The lowest BCUT2D eigenvalue weighted by atomic mass is 10.1. The van der Waals surface area contributed by atoms with Gasteiger partial charge in [0.05, 0.1) is 0 Å². The number of nitrogens with zero attached hydrogens (tertiary/aromatic N) is 3.